The first-order chi connectivity index (χ1) is 8.14. The quantitative estimate of drug-likeness (QED) is 0.846. The Labute approximate surface area is 114 Å². The Hall–Kier alpha value is -1.13. The molecule has 0 saturated heterocycles. The minimum atomic E-state index is -0.237. The molecule has 18 heavy (non-hydrogen) atoms. The van der Waals surface area contributed by atoms with Gasteiger partial charge in [-0.25, -0.2) is 0 Å². The van der Waals surface area contributed by atoms with Crippen LogP contribution < -0.4 is 11.1 Å². The van der Waals surface area contributed by atoms with Gasteiger partial charge in [0.1, 0.15) is 0 Å². The van der Waals surface area contributed by atoms with Crippen LogP contribution in [0.2, 0.25) is 0 Å². The van der Waals surface area contributed by atoms with E-state index in [0.717, 1.165) is 5.56 Å². The zero-order valence-electron chi connectivity index (χ0n) is 10.6. The lowest BCUT2D eigenvalue weighted by molar-refractivity contribution is -0.122. The van der Waals surface area contributed by atoms with Crippen molar-refractivity contribution < 1.29 is 4.79 Å². The van der Waals surface area contributed by atoms with E-state index in [1.165, 1.54) is 12.8 Å². The van der Waals surface area contributed by atoms with Crippen molar-refractivity contribution in [3.63, 3.8) is 0 Å². The molecular formula is C13H20ClN3O. The summed E-state index contributed by atoms with van der Waals surface area (Å²) < 4.78 is 0. The maximum absolute atomic E-state index is 11.9. The molecule has 1 heterocycles. The summed E-state index contributed by atoms with van der Waals surface area (Å²) in [6, 6.07) is 3.75. The van der Waals surface area contributed by atoms with Crippen molar-refractivity contribution in [3.05, 3.63) is 30.1 Å². The number of amides is 1. The molecule has 1 amide bonds. The van der Waals surface area contributed by atoms with Crippen molar-refractivity contribution in [2.75, 3.05) is 6.54 Å². The number of nitrogens with two attached hydrogens (primary N) is 1. The van der Waals surface area contributed by atoms with Crippen molar-refractivity contribution in [1.29, 1.82) is 0 Å². The highest BCUT2D eigenvalue weighted by Gasteiger charge is 2.41. The first-order valence-corrected chi connectivity index (χ1v) is 6.04. The zero-order valence-corrected chi connectivity index (χ0v) is 11.4. The molecule has 1 unspecified atom stereocenters. The summed E-state index contributed by atoms with van der Waals surface area (Å²) >= 11 is 0. The highest BCUT2D eigenvalue weighted by Crippen LogP contribution is 2.38. The second-order valence-corrected chi connectivity index (χ2v) is 4.98. The van der Waals surface area contributed by atoms with E-state index in [2.05, 4.69) is 10.3 Å². The SMILES string of the molecule is CC(CN)(NC(=O)Cc1cccnc1)C1CC1.Cl. The summed E-state index contributed by atoms with van der Waals surface area (Å²) in [7, 11) is 0. The van der Waals surface area contributed by atoms with Gasteiger partial charge in [0.25, 0.3) is 0 Å². The number of carbonyl (C=O) groups is 1. The predicted molar refractivity (Wildman–Crippen MR) is 73.5 cm³/mol. The number of pyridine rings is 1. The van der Waals surface area contributed by atoms with Gasteiger partial charge in [-0.2, -0.15) is 0 Å². The lowest BCUT2D eigenvalue weighted by atomic mass is 9.95. The lowest BCUT2D eigenvalue weighted by Crippen LogP contribution is -2.53. The van der Waals surface area contributed by atoms with Crippen molar-refractivity contribution in [3.8, 4) is 0 Å². The van der Waals surface area contributed by atoms with Gasteiger partial charge in [0.05, 0.1) is 12.0 Å². The third-order valence-corrected chi connectivity index (χ3v) is 3.41. The predicted octanol–water partition coefficient (Wildman–Crippen LogP) is 1.29. The van der Waals surface area contributed by atoms with Crippen LogP contribution in [-0.4, -0.2) is 23.0 Å². The number of nitrogens with zero attached hydrogens (tertiary/aromatic N) is 1. The third kappa shape index (κ3) is 3.68. The Morgan fingerprint density at radius 3 is 2.83 bits per heavy atom. The van der Waals surface area contributed by atoms with Crippen LogP contribution in [0.5, 0.6) is 0 Å². The largest absolute Gasteiger partial charge is 0.349 e. The molecule has 100 valence electrons. The van der Waals surface area contributed by atoms with Crippen molar-refractivity contribution >= 4 is 18.3 Å². The van der Waals surface area contributed by atoms with E-state index in [-0.39, 0.29) is 23.9 Å². The van der Waals surface area contributed by atoms with Crippen LogP contribution in [0.25, 0.3) is 0 Å². The van der Waals surface area contributed by atoms with Gasteiger partial charge < -0.3 is 11.1 Å². The van der Waals surface area contributed by atoms with E-state index in [1.807, 2.05) is 19.1 Å². The van der Waals surface area contributed by atoms with Crippen LogP contribution in [0.1, 0.15) is 25.3 Å². The van der Waals surface area contributed by atoms with E-state index in [0.29, 0.717) is 18.9 Å². The van der Waals surface area contributed by atoms with E-state index in [9.17, 15) is 4.79 Å². The number of rotatable bonds is 5. The third-order valence-electron chi connectivity index (χ3n) is 3.41. The molecular weight excluding hydrogens is 250 g/mol. The minimum Gasteiger partial charge on any atom is -0.349 e. The van der Waals surface area contributed by atoms with Crippen molar-refractivity contribution in [2.45, 2.75) is 31.7 Å². The van der Waals surface area contributed by atoms with E-state index < -0.39 is 0 Å². The van der Waals surface area contributed by atoms with Crippen LogP contribution >= 0.6 is 12.4 Å². The summed E-state index contributed by atoms with van der Waals surface area (Å²) in [5.74, 6) is 0.572. The fourth-order valence-corrected chi connectivity index (χ4v) is 2.09. The summed E-state index contributed by atoms with van der Waals surface area (Å²) in [4.78, 5) is 15.9. The fraction of sp³-hybridized carbons (Fsp3) is 0.538. The number of nitrogens with one attached hydrogen (secondary N) is 1. The Bertz CT molecular complexity index is 394. The molecule has 0 spiro atoms. The van der Waals surface area contributed by atoms with Gasteiger partial charge in [-0.05, 0) is 37.3 Å². The normalized spacial score (nSPS) is 17.4. The average molecular weight is 270 g/mol. The maximum atomic E-state index is 11.9. The number of aromatic nitrogens is 1. The maximum Gasteiger partial charge on any atom is 0.224 e. The second-order valence-electron chi connectivity index (χ2n) is 4.98. The molecule has 1 aliphatic rings. The molecule has 3 N–H and O–H groups in total. The first kappa shape index (κ1) is 14.9. The highest BCUT2D eigenvalue weighted by atomic mass is 35.5. The zero-order chi connectivity index (χ0) is 12.3. The van der Waals surface area contributed by atoms with E-state index >= 15 is 0 Å². The monoisotopic (exact) mass is 269 g/mol. The molecule has 0 aliphatic heterocycles. The number of hydrogen-bond acceptors (Lipinski definition) is 3. The number of carbonyl (C=O) groups excluding carboxylic acids is 1. The van der Waals surface area contributed by atoms with Crippen molar-refractivity contribution in [2.24, 2.45) is 11.7 Å². The summed E-state index contributed by atoms with van der Waals surface area (Å²) in [6.07, 6.45) is 6.13. The molecule has 0 bridgehead atoms. The van der Waals surface area contributed by atoms with Gasteiger partial charge in [-0.1, -0.05) is 6.07 Å². The molecule has 1 aliphatic carbocycles. The van der Waals surface area contributed by atoms with Crippen LogP contribution in [0, 0.1) is 5.92 Å². The summed E-state index contributed by atoms with van der Waals surface area (Å²) in [6.45, 7) is 2.53. The van der Waals surface area contributed by atoms with Crippen LogP contribution in [0.15, 0.2) is 24.5 Å². The van der Waals surface area contributed by atoms with Crippen molar-refractivity contribution in [1.82, 2.24) is 10.3 Å². The average Bonchev–Trinajstić information content (AvgIpc) is 3.14. The fourth-order valence-electron chi connectivity index (χ4n) is 2.09. The molecule has 1 aromatic heterocycles. The highest BCUT2D eigenvalue weighted by molar-refractivity contribution is 5.85. The Kier molecular flexibility index (Phi) is 5.11. The molecule has 0 radical (unpaired) electrons. The van der Waals surface area contributed by atoms with Gasteiger partial charge in [-0.3, -0.25) is 9.78 Å². The number of halogens is 1. The number of hydrogen-bond donors (Lipinski definition) is 2. The molecule has 0 aromatic carbocycles. The van der Waals surface area contributed by atoms with Crippen LogP contribution in [0.3, 0.4) is 0 Å². The first-order valence-electron chi connectivity index (χ1n) is 6.04. The van der Waals surface area contributed by atoms with Crippen LogP contribution in [-0.2, 0) is 11.2 Å². The smallest absolute Gasteiger partial charge is 0.224 e. The molecule has 1 atom stereocenters. The molecule has 5 heteroatoms. The Morgan fingerprint density at radius 1 is 1.61 bits per heavy atom. The van der Waals surface area contributed by atoms with Crippen LogP contribution in [0.4, 0.5) is 0 Å². The Balaban J connectivity index is 0.00000162. The van der Waals surface area contributed by atoms with Gasteiger partial charge in [-0.15, -0.1) is 12.4 Å². The summed E-state index contributed by atoms with van der Waals surface area (Å²) in [5.41, 5.74) is 6.46. The molecule has 4 nitrogen and oxygen atoms in total. The molecule has 1 saturated carbocycles. The standard InChI is InChI=1S/C13H19N3O.ClH/c1-13(9-14,11-4-5-11)16-12(17)7-10-3-2-6-15-8-10;/h2-3,6,8,11H,4-5,7,9,14H2,1H3,(H,16,17);1H. The van der Waals surface area contributed by atoms with Gasteiger partial charge >= 0.3 is 0 Å². The van der Waals surface area contributed by atoms with Gasteiger partial charge in [0, 0.05) is 18.9 Å². The molecule has 1 fully saturated rings. The second kappa shape index (κ2) is 6.16. The van der Waals surface area contributed by atoms with E-state index in [1.54, 1.807) is 12.4 Å². The van der Waals surface area contributed by atoms with Gasteiger partial charge in [0.2, 0.25) is 5.91 Å². The topological polar surface area (TPSA) is 68.0 Å². The van der Waals surface area contributed by atoms with Gasteiger partial charge in [0.15, 0.2) is 0 Å². The summed E-state index contributed by atoms with van der Waals surface area (Å²) in [5, 5.41) is 3.06. The minimum absolute atomic E-state index is 0. The lowest BCUT2D eigenvalue weighted by Gasteiger charge is -2.29. The Morgan fingerprint density at radius 2 is 2.33 bits per heavy atom. The molecule has 2 rings (SSSR count). The van der Waals surface area contributed by atoms with E-state index in [4.69, 9.17) is 5.73 Å². The molecule has 1 aromatic rings.